The maximum absolute atomic E-state index is 13.0. The van der Waals surface area contributed by atoms with Crippen molar-refractivity contribution in [2.24, 2.45) is 0 Å². The summed E-state index contributed by atoms with van der Waals surface area (Å²) in [5.41, 5.74) is 0.702. The zero-order chi connectivity index (χ0) is 15.6. The van der Waals surface area contributed by atoms with Crippen LogP contribution >= 0.6 is 0 Å². The molecule has 1 saturated heterocycles. The summed E-state index contributed by atoms with van der Waals surface area (Å²) in [5, 5.41) is 10.1. The van der Waals surface area contributed by atoms with Crippen LogP contribution in [0.25, 0.3) is 0 Å². The van der Waals surface area contributed by atoms with Crippen LogP contribution in [0.2, 0.25) is 0 Å². The van der Waals surface area contributed by atoms with Gasteiger partial charge in [-0.1, -0.05) is 20.3 Å². The summed E-state index contributed by atoms with van der Waals surface area (Å²) in [6, 6.07) is 0.365. The third kappa shape index (κ3) is 3.46. The van der Waals surface area contributed by atoms with Crippen LogP contribution in [0.4, 0.5) is 0 Å². The molecule has 0 aromatic carbocycles. The molecular formula is C14H26N4O2S. The third-order valence-corrected chi connectivity index (χ3v) is 6.17. The van der Waals surface area contributed by atoms with Crippen molar-refractivity contribution in [2.75, 3.05) is 0 Å². The highest BCUT2D eigenvalue weighted by atomic mass is 32.2. The van der Waals surface area contributed by atoms with Crippen LogP contribution in [0, 0.1) is 0 Å². The molecule has 1 fully saturated rings. The summed E-state index contributed by atoms with van der Waals surface area (Å²) in [6.45, 7) is 8.52. The second-order valence-corrected chi connectivity index (χ2v) is 8.00. The molecule has 0 amide bonds. The lowest BCUT2D eigenvalue weighted by Crippen LogP contribution is -2.47. The fraction of sp³-hybridized carbons (Fsp3) is 0.786. The molecule has 2 atom stereocenters. The molecule has 120 valence electrons. The Hall–Kier alpha value is -0.920. The number of hydrogen-bond acceptors (Lipinski definition) is 4. The number of aromatic nitrogens is 2. The molecule has 0 saturated carbocycles. The van der Waals surface area contributed by atoms with E-state index in [0.29, 0.717) is 18.2 Å². The molecule has 1 aliphatic heterocycles. The smallest absolute Gasteiger partial charge is 0.260 e. The van der Waals surface area contributed by atoms with E-state index in [1.54, 1.807) is 10.5 Å². The maximum atomic E-state index is 13.0. The minimum absolute atomic E-state index is 0.0351. The minimum atomic E-state index is -3.52. The van der Waals surface area contributed by atoms with Gasteiger partial charge in [0.15, 0.2) is 5.03 Å². The van der Waals surface area contributed by atoms with E-state index in [4.69, 9.17) is 0 Å². The Morgan fingerprint density at radius 3 is 2.57 bits per heavy atom. The molecule has 21 heavy (non-hydrogen) atoms. The van der Waals surface area contributed by atoms with Crippen molar-refractivity contribution in [3.63, 3.8) is 0 Å². The Labute approximate surface area is 127 Å². The van der Waals surface area contributed by atoms with Crippen molar-refractivity contribution in [3.8, 4) is 0 Å². The first kappa shape index (κ1) is 16.5. The summed E-state index contributed by atoms with van der Waals surface area (Å²) in [6.07, 6.45) is 4.51. The maximum Gasteiger partial charge on any atom is 0.260 e. The van der Waals surface area contributed by atoms with Crippen molar-refractivity contribution >= 4 is 10.0 Å². The molecule has 1 aromatic heterocycles. The lowest BCUT2D eigenvalue weighted by molar-refractivity contribution is 0.203. The van der Waals surface area contributed by atoms with Gasteiger partial charge < -0.3 is 5.32 Å². The first-order valence-electron chi connectivity index (χ1n) is 7.63. The van der Waals surface area contributed by atoms with E-state index in [9.17, 15) is 8.42 Å². The molecule has 2 unspecified atom stereocenters. The van der Waals surface area contributed by atoms with Gasteiger partial charge in [0.05, 0.1) is 6.20 Å². The van der Waals surface area contributed by atoms with Crippen molar-refractivity contribution in [1.82, 2.24) is 19.8 Å². The van der Waals surface area contributed by atoms with Crippen LogP contribution in [0.1, 0.15) is 52.5 Å². The molecule has 0 spiro atoms. The summed E-state index contributed by atoms with van der Waals surface area (Å²) in [5.74, 6) is 0. The van der Waals surface area contributed by atoms with E-state index in [1.165, 1.54) is 0 Å². The lowest BCUT2D eigenvalue weighted by Gasteiger charge is -2.37. The van der Waals surface area contributed by atoms with Gasteiger partial charge in [-0.15, -0.1) is 0 Å². The van der Waals surface area contributed by atoms with E-state index in [1.807, 2.05) is 27.7 Å². The number of sulfonamides is 1. The Kier molecular flexibility index (Phi) is 5.06. The largest absolute Gasteiger partial charge is 0.310 e. The number of nitrogens with one attached hydrogen (secondary N) is 2. The minimum Gasteiger partial charge on any atom is -0.310 e. The summed E-state index contributed by atoms with van der Waals surface area (Å²) >= 11 is 0. The van der Waals surface area contributed by atoms with Crippen LogP contribution < -0.4 is 5.32 Å². The van der Waals surface area contributed by atoms with Crippen LogP contribution in [0.15, 0.2) is 11.2 Å². The van der Waals surface area contributed by atoms with Gasteiger partial charge in [0.1, 0.15) is 0 Å². The average molecular weight is 314 g/mol. The van der Waals surface area contributed by atoms with Gasteiger partial charge in [-0.3, -0.25) is 5.10 Å². The molecule has 7 heteroatoms. The molecular weight excluding hydrogens is 288 g/mol. The molecule has 0 bridgehead atoms. The predicted octanol–water partition coefficient (Wildman–Crippen LogP) is 1.86. The highest BCUT2D eigenvalue weighted by Crippen LogP contribution is 2.29. The first-order valence-corrected chi connectivity index (χ1v) is 9.07. The Morgan fingerprint density at radius 1 is 1.38 bits per heavy atom. The van der Waals surface area contributed by atoms with Crippen LogP contribution in [0.5, 0.6) is 0 Å². The van der Waals surface area contributed by atoms with Crippen molar-refractivity contribution in [2.45, 2.75) is 76.7 Å². The van der Waals surface area contributed by atoms with Crippen LogP contribution in [0.3, 0.4) is 0 Å². The normalized spacial score (nSPS) is 24.6. The Balaban J connectivity index is 2.29. The Morgan fingerprint density at radius 2 is 2.00 bits per heavy atom. The summed E-state index contributed by atoms with van der Waals surface area (Å²) in [7, 11) is -3.52. The second-order valence-electron chi connectivity index (χ2n) is 6.22. The number of aromatic amines is 1. The van der Waals surface area contributed by atoms with E-state index in [0.717, 1.165) is 19.3 Å². The topological polar surface area (TPSA) is 78.1 Å². The number of rotatable bonds is 5. The number of hydrogen-bond donors (Lipinski definition) is 2. The van der Waals surface area contributed by atoms with Gasteiger partial charge >= 0.3 is 0 Å². The number of H-pyrrole nitrogens is 1. The van der Waals surface area contributed by atoms with Gasteiger partial charge in [0, 0.05) is 30.2 Å². The van der Waals surface area contributed by atoms with Gasteiger partial charge in [-0.05, 0) is 26.7 Å². The van der Waals surface area contributed by atoms with E-state index in [-0.39, 0.29) is 17.1 Å². The predicted molar refractivity (Wildman–Crippen MR) is 82.4 cm³/mol. The zero-order valence-corrected chi connectivity index (χ0v) is 14.1. The SMILES string of the molecule is CC(C)NCc1cn[nH]c1S(=O)(=O)N1C(C)CCCC1C. The second kappa shape index (κ2) is 6.46. The highest BCUT2D eigenvalue weighted by molar-refractivity contribution is 7.89. The molecule has 2 heterocycles. The fourth-order valence-corrected chi connectivity index (χ4v) is 4.93. The van der Waals surface area contributed by atoms with Crippen molar-refractivity contribution < 1.29 is 8.42 Å². The van der Waals surface area contributed by atoms with Crippen molar-refractivity contribution in [1.29, 1.82) is 0 Å². The van der Waals surface area contributed by atoms with Gasteiger partial charge in [0.25, 0.3) is 10.0 Å². The van der Waals surface area contributed by atoms with Gasteiger partial charge in [0.2, 0.25) is 0 Å². The fourth-order valence-electron chi connectivity index (χ4n) is 2.94. The molecule has 6 nitrogen and oxygen atoms in total. The molecule has 0 radical (unpaired) electrons. The van der Waals surface area contributed by atoms with Gasteiger partial charge in [-0.2, -0.15) is 9.40 Å². The first-order chi connectivity index (χ1) is 9.84. The summed E-state index contributed by atoms with van der Waals surface area (Å²) < 4.78 is 27.6. The molecule has 0 aliphatic carbocycles. The molecule has 2 rings (SSSR count). The van der Waals surface area contributed by atoms with Gasteiger partial charge in [-0.25, -0.2) is 8.42 Å². The Bertz CT molecular complexity index is 557. The summed E-state index contributed by atoms with van der Waals surface area (Å²) in [4.78, 5) is 0. The van der Waals surface area contributed by atoms with E-state index < -0.39 is 10.0 Å². The van der Waals surface area contributed by atoms with Crippen LogP contribution in [-0.2, 0) is 16.6 Å². The lowest BCUT2D eigenvalue weighted by atomic mass is 10.0. The van der Waals surface area contributed by atoms with Crippen LogP contribution in [-0.4, -0.2) is 41.0 Å². The molecule has 1 aromatic rings. The molecule has 1 aliphatic rings. The third-order valence-electron chi connectivity index (χ3n) is 4.03. The number of nitrogens with zero attached hydrogens (tertiary/aromatic N) is 2. The number of piperidine rings is 1. The average Bonchev–Trinajstić information content (AvgIpc) is 2.84. The zero-order valence-electron chi connectivity index (χ0n) is 13.3. The highest BCUT2D eigenvalue weighted by Gasteiger charge is 2.37. The van der Waals surface area contributed by atoms with E-state index in [2.05, 4.69) is 15.5 Å². The van der Waals surface area contributed by atoms with E-state index >= 15 is 0 Å². The monoisotopic (exact) mass is 314 g/mol. The quantitative estimate of drug-likeness (QED) is 0.869. The molecule has 2 N–H and O–H groups in total. The standard InChI is InChI=1S/C14H26N4O2S/c1-10(2)15-8-13-9-16-17-14(13)21(19,20)18-11(3)6-5-7-12(18)4/h9-12,15H,5-8H2,1-4H3,(H,16,17). The van der Waals surface area contributed by atoms with Crippen molar-refractivity contribution in [3.05, 3.63) is 11.8 Å².